The molecule has 1 fully saturated rings. The summed E-state index contributed by atoms with van der Waals surface area (Å²) in [6.45, 7) is 2.65. The minimum absolute atomic E-state index is 0.198. The smallest absolute Gasteiger partial charge is 0.326 e. The van der Waals surface area contributed by atoms with Crippen molar-refractivity contribution in [1.29, 1.82) is 0 Å². The van der Waals surface area contributed by atoms with Gasteiger partial charge in [0.2, 0.25) is 5.91 Å². The highest BCUT2D eigenvalue weighted by atomic mass is 16.4. The molecule has 1 atom stereocenters. The predicted molar refractivity (Wildman–Crippen MR) is 133 cm³/mol. The van der Waals surface area contributed by atoms with Gasteiger partial charge in [0, 0.05) is 24.8 Å². The largest absolute Gasteiger partial charge is 0.480 e. The van der Waals surface area contributed by atoms with Gasteiger partial charge in [0.25, 0.3) is 0 Å². The lowest BCUT2D eigenvalue weighted by Gasteiger charge is -2.24. The standard InChI is InChI=1S/C27H36N4O3/c32-25(19-20-7-2-1-3-8-20)30-24(27(33)34)15-18-31(23-13-14-23)17-5-4-10-22-12-11-21-9-6-16-28-26(21)29-22/h1-3,7-8,11-12,23-24H,4-6,9-10,13-19H2,(H,28,29)(H,30,32)(H,33,34). The van der Waals surface area contributed by atoms with E-state index in [0.29, 0.717) is 19.0 Å². The molecule has 182 valence electrons. The number of fused-ring (bicyclic) bond motifs is 1. The number of hydrogen-bond acceptors (Lipinski definition) is 5. The number of benzene rings is 1. The zero-order valence-corrected chi connectivity index (χ0v) is 19.8. The molecule has 7 nitrogen and oxygen atoms in total. The molecule has 34 heavy (non-hydrogen) atoms. The molecule has 0 spiro atoms. The lowest BCUT2D eigenvalue weighted by molar-refractivity contribution is -0.142. The second-order valence-electron chi connectivity index (χ2n) is 9.47. The van der Waals surface area contributed by atoms with Gasteiger partial charge in [-0.3, -0.25) is 4.79 Å². The van der Waals surface area contributed by atoms with Gasteiger partial charge in [-0.15, -0.1) is 0 Å². The van der Waals surface area contributed by atoms with Crippen molar-refractivity contribution in [2.75, 3.05) is 25.0 Å². The first-order valence-corrected chi connectivity index (χ1v) is 12.6. The summed E-state index contributed by atoms with van der Waals surface area (Å²) in [5, 5.41) is 15.7. The summed E-state index contributed by atoms with van der Waals surface area (Å²) in [6.07, 6.45) is 8.33. The third-order valence-corrected chi connectivity index (χ3v) is 6.69. The van der Waals surface area contributed by atoms with Crippen molar-refractivity contribution in [2.45, 2.75) is 69.9 Å². The first-order chi connectivity index (χ1) is 16.6. The number of rotatable bonds is 13. The summed E-state index contributed by atoms with van der Waals surface area (Å²) < 4.78 is 0. The van der Waals surface area contributed by atoms with Crippen LogP contribution in [0.5, 0.6) is 0 Å². The van der Waals surface area contributed by atoms with Crippen LogP contribution in [0.25, 0.3) is 0 Å². The summed E-state index contributed by atoms with van der Waals surface area (Å²) in [6, 6.07) is 13.5. The minimum atomic E-state index is -0.968. The number of anilines is 1. The zero-order chi connectivity index (χ0) is 23.8. The van der Waals surface area contributed by atoms with Gasteiger partial charge < -0.3 is 20.6 Å². The molecule has 3 N–H and O–H groups in total. The van der Waals surface area contributed by atoms with E-state index in [9.17, 15) is 14.7 Å². The quantitative estimate of drug-likeness (QED) is 0.393. The summed E-state index contributed by atoms with van der Waals surface area (Å²) in [5.74, 6) is -0.162. The van der Waals surface area contributed by atoms with E-state index < -0.39 is 12.0 Å². The number of carboxylic acids is 1. The SMILES string of the molecule is O=C(Cc1ccccc1)NC(CCN(CCCCc1ccc2c(n1)NCCC2)C1CC1)C(=O)O. The maximum Gasteiger partial charge on any atom is 0.326 e. The Labute approximate surface area is 202 Å². The third-order valence-electron chi connectivity index (χ3n) is 6.69. The van der Waals surface area contributed by atoms with Crippen LogP contribution in [-0.2, 0) is 28.9 Å². The molecule has 1 aliphatic carbocycles. The Morgan fingerprint density at radius 3 is 2.71 bits per heavy atom. The van der Waals surface area contributed by atoms with Gasteiger partial charge in [-0.05, 0) is 75.1 Å². The summed E-state index contributed by atoms with van der Waals surface area (Å²) in [7, 11) is 0. The molecule has 0 bridgehead atoms. The fourth-order valence-corrected chi connectivity index (χ4v) is 4.62. The van der Waals surface area contributed by atoms with E-state index in [1.807, 2.05) is 30.3 Å². The maximum atomic E-state index is 12.4. The highest BCUT2D eigenvalue weighted by molar-refractivity contribution is 5.84. The number of aromatic nitrogens is 1. The van der Waals surface area contributed by atoms with Crippen LogP contribution >= 0.6 is 0 Å². The summed E-state index contributed by atoms with van der Waals surface area (Å²) in [5.41, 5.74) is 3.34. The molecule has 1 amide bonds. The maximum absolute atomic E-state index is 12.4. The van der Waals surface area contributed by atoms with E-state index in [1.165, 1.54) is 24.8 Å². The molecule has 4 rings (SSSR count). The van der Waals surface area contributed by atoms with Crippen LogP contribution in [0, 0.1) is 0 Å². The second kappa shape index (κ2) is 12.0. The normalized spacial score (nSPS) is 15.9. The highest BCUT2D eigenvalue weighted by Crippen LogP contribution is 2.27. The van der Waals surface area contributed by atoms with E-state index in [0.717, 1.165) is 55.8 Å². The molecule has 0 radical (unpaired) electrons. The van der Waals surface area contributed by atoms with Crippen LogP contribution in [0.4, 0.5) is 5.82 Å². The van der Waals surface area contributed by atoms with Gasteiger partial charge in [-0.2, -0.15) is 0 Å². The van der Waals surface area contributed by atoms with Crippen molar-refractivity contribution in [3.63, 3.8) is 0 Å². The van der Waals surface area contributed by atoms with Crippen LogP contribution in [-0.4, -0.2) is 58.6 Å². The van der Waals surface area contributed by atoms with Crippen molar-refractivity contribution >= 4 is 17.7 Å². The minimum Gasteiger partial charge on any atom is -0.480 e. The molecular weight excluding hydrogens is 428 g/mol. The Morgan fingerprint density at radius 2 is 1.94 bits per heavy atom. The average Bonchev–Trinajstić information content (AvgIpc) is 3.68. The number of carboxylic acid groups (broad SMARTS) is 1. The van der Waals surface area contributed by atoms with E-state index in [-0.39, 0.29) is 12.3 Å². The Bertz CT molecular complexity index is 962. The fraction of sp³-hybridized carbons (Fsp3) is 0.519. The molecule has 1 unspecified atom stereocenters. The number of aryl methyl sites for hydroxylation is 2. The van der Waals surface area contributed by atoms with Gasteiger partial charge in [0.15, 0.2) is 0 Å². The Kier molecular flexibility index (Phi) is 8.52. The molecule has 1 aliphatic heterocycles. The van der Waals surface area contributed by atoms with E-state index in [4.69, 9.17) is 4.98 Å². The number of carbonyl (C=O) groups excluding carboxylic acids is 1. The summed E-state index contributed by atoms with van der Waals surface area (Å²) in [4.78, 5) is 31.3. The number of unbranched alkanes of at least 4 members (excludes halogenated alkanes) is 1. The monoisotopic (exact) mass is 464 g/mol. The molecule has 7 heteroatoms. The van der Waals surface area contributed by atoms with Crippen molar-refractivity contribution in [2.24, 2.45) is 0 Å². The van der Waals surface area contributed by atoms with E-state index >= 15 is 0 Å². The van der Waals surface area contributed by atoms with Gasteiger partial charge in [0.05, 0.1) is 6.42 Å². The lowest BCUT2D eigenvalue weighted by atomic mass is 10.1. The second-order valence-corrected chi connectivity index (χ2v) is 9.47. The number of amides is 1. The molecule has 0 saturated heterocycles. The van der Waals surface area contributed by atoms with Crippen LogP contribution in [0.3, 0.4) is 0 Å². The molecule has 2 aliphatic rings. The molecule has 1 saturated carbocycles. The van der Waals surface area contributed by atoms with Crippen molar-refractivity contribution < 1.29 is 14.7 Å². The average molecular weight is 465 g/mol. The van der Waals surface area contributed by atoms with E-state index in [2.05, 4.69) is 27.7 Å². The number of carbonyl (C=O) groups is 2. The van der Waals surface area contributed by atoms with Crippen molar-refractivity contribution in [3.05, 3.63) is 59.3 Å². The lowest BCUT2D eigenvalue weighted by Crippen LogP contribution is -2.44. The Balaban J connectivity index is 1.20. The van der Waals surface area contributed by atoms with Crippen LogP contribution < -0.4 is 10.6 Å². The number of pyridine rings is 1. The number of nitrogens with zero attached hydrogens (tertiary/aromatic N) is 2. The molecule has 2 heterocycles. The van der Waals surface area contributed by atoms with E-state index in [1.54, 1.807) is 0 Å². The number of aliphatic carboxylic acids is 1. The summed E-state index contributed by atoms with van der Waals surface area (Å²) >= 11 is 0. The molecule has 1 aromatic carbocycles. The van der Waals surface area contributed by atoms with Gasteiger partial charge in [-0.1, -0.05) is 36.4 Å². The van der Waals surface area contributed by atoms with Gasteiger partial charge >= 0.3 is 5.97 Å². The first kappa shape index (κ1) is 24.2. The topological polar surface area (TPSA) is 94.6 Å². The van der Waals surface area contributed by atoms with Crippen LogP contribution in [0.15, 0.2) is 42.5 Å². The van der Waals surface area contributed by atoms with Gasteiger partial charge in [0.1, 0.15) is 11.9 Å². The van der Waals surface area contributed by atoms with Crippen molar-refractivity contribution in [1.82, 2.24) is 15.2 Å². The van der Waals surface area contributed by atoms with Crippen molar-refractivity contribution in [3.8, 4) is 0 Å². The highest BCUT2D eigenvalue weighted by Gasteiger charge is 2.30. The van der Waals surface area contributed by atoms with Crippen LogP contribution in [0.2, 0.25) is 0 Å². The van der Waals surface area contributed by atoms with Gasteiger partial charge in [-0.25, -0.2) is 9.78 Å². The first-order valence-electron chi connectivity index (χ1n) is 12.6. The molecule has 2 aromatic rings. The third kappa shape index (κ3) is 7.29. The van der Waals surface area contributed by atoms with Crippen LogP contribution in [0.1, 0.15) is 55.3 Å². The zero-order valence-electron chi connectivity index (χ0n) is 19.8. The predicted octanol–water partition coefficient (Wildman–Crippen LogP) is 3.43. The Hall–Kier alpha value is -2.93. The Morgan fingerprint density at radius 1 is 1.12 bits per heavy atom. The number of hydrogen-bond donors (Lipinski definition) is 3. The fourth-order valence-electron chi connectivity index (χ4n) is 4.62. The molecular formula is C27H36N4O3. The molecule has 1 aromatic heterocycles. The number of nitrogens with one attached hydrogen (secondary N) is 2.